The molecule has 0 bridgehead atoms. The molecule has 9 nitrogen and oxygen atoms in total. The van der Waals surface area contributed by atoms with Crippen LogP contribution in [0.5, 0.6) is 11.5 Å². The highest BCUT2D eigenvalue weighted by Crippen LogP contribution is 2.36. The molecule has 37 heavy (non-hydrogen) atoms. The Labute approximate surface area is 223 Å². The lowest BCUT2D eigenvalue weighted by molar-refractivity contribution is -0.140. The van der Waals surface area contributed by atoms with Crippen LogP contribution in [0, 0.1) is 0 Å². The number of carbonyl (C=O) groups is 2. The number of hydrogen-bond acceptors (Lipinski definition) is 6. The molecule has 0 spiro atoms. The molecule has 1 heterocycles. The normalized spacial score (nSPS) is 13.2. The minimum Gasteiger partial charge on any atom is -0.454 e. The molecule has 0 fully saturated rings. The van der Waals surface area contributed by atoms with Gasteiger partial charge < -0.3 is 19.7 Å². The lowest BCUT2D eigenvalue weighted by atomic mass is 10.1. The smallest absolute Gasteiger partial charge is 0.244 e. The van der Waals surface area contributed by atoms with Crippen LogP contribution in [0.4, 0.5) is 5.69 Å². The van der Waals surface area contributed by atoms with Crippen LogP contribution in [-0.2, 0) is 26.2 Å². The fraction of sp³-hybridized carbons (Fsp3) is 0.462. The topological polar surface area (TPSA) is 105 Å². The summed E-state index contributed by atoms with van der Waals surface area (Å²) in [5, 5.41) is 3.35. The molecule has 202 valence electrons. The Kier molecular flexibility index (Phi) is 10.0. The van der Waals surface area contributed by atoms with E-state index in [1.807, 2.05) is 13.8 Å². The molecule has 3 rings (SSSR count). The number of anilines is 1. The summed E-state index contributed by atoms with van der Waals surface area (Å²) < 4.78 is 38.0. The van der Waals surface area contributed by atoms with Gasteiger partial charge in [0.2, 0.25) is 28.6 Å². The van der Waals surface area contributed by atoms with Crippen LogP contribution < -0.4 is 19.1 Å². The van der Waals surface area contributed by atoms with Gasteiger partial charge in [0.1, 0.15) is 12.6 Å². The molecule has 0 unspecified atom stereocenters. The molecule has 2 amide bonds. The van der Waals surface area contributed by atoms with E-state index in [1.165, 1.54) is 17.9 Å². The van der Waals surface area contributed by atoms with Crippen LogP contribution in [0.1, 0.15) is 45.6 Å². The molecule has 0 saturated carbocycles. The Balaban J connectivity index is 1.96. The molecule has 1 aliphatic heterocycles. The first kappa shape index (κ1) is 28.6. The van der Waals surface area contributed by atoms with Crippen LogP contribution in [0.15, 0.2) is 42.5 Å². The van der Waals surface area contributed by atoms with Crippen molar-refractivity contribution in [1.82, 2.24) is 10.2 Å². The summed E-state index contributed by atoms with van der Waals surface area (Å²) in [7, 11) is -3.85. The van der Waals surface area contributed by atoms with Gasteiger partial charge in [-0.3, -0.25) is 13.9 Å². The predicted octanol–water partition coefficient (Wildman–Crippen LogP) is 3.95. The maximum Gasteiger partial charge on any atom is 0.244 e. The lowest BCUT2D eigenvalue weighted by Crippen LogP contribution is -2.52. The Morgan fingerprint density at radius 2 is 1.81 bits per heavy atom. The molecule has 2 aromatic carbocycles. The van der Waals surface area contributed by atoms with E-state index in [-0.39, 0.29) is 30.7 Å². The van der Waals surface area contributed by atoms with Gasteiger partial charge in [-0.2, -0.15) is 0 Å². The van der Waals surface area contributed by atoms with Gasteiger partial charge in [0, 0.05) is 24.2 Å². The summed E-state index contributed by atoms with van der Waals surface area (Å²) >= 11 is 6.38. The van der Waals surface area contributed by atoms with E-state index < -0.39 is 28.5 Å². The van der Waals surface area contributed by atoms with Crippen molar-refractivity contribution in [3.63, 3.8) is 0 Å². The van der Waals surface area contributed by atoms with Gasteiger partial charge in [-0.1, -0.05) is 50.1 Å². The monoisotopic (exact) mass is 551 g/mol. The van der Waals surface area contributed by atoms with Crippen molar-refractivity contribution in [3.05, 3.63) is 53.1 Å². The number of nitrogens with zero attached hydrogens (tertiary/aromatic N) is 2. The second-order valence-electron chi connectivity index (χ2n) is 8.63. The average molecular weight is 552 g/mol. The quantitative estimate of drug-likeness (QED) is 0.378. The number of rotatable bonds is 13. The second-order valence-corrected chi connectivity index (χ2v) is 11.2. The Bertz CT molecular complexity index is 1210. The number of unbranched alkanes of at least 4 members (excludes halogenated alkanes) is 1. The third-order valence-corrected chi connectivity index (χ3v) is 8.25. The number of hydrogen-bond donors (Lipinski definition) is 1. The van der Waals surface area contributed by atoms with E-state index in [0.29, 0.717) is 35.1 Å². The molecule has 11 heteroatoms. The number of sulfonamides is 1. The van der Waals surface area contributed by atoms with Crippen LogP contribution in [0.25, 0.3) is 0 Å². The predicted molar refractivity (Wildman–Crippen MR) is 143 cm³/mol. The first-order valence-electron chi connectivity index (χ1n) is 12.4. The second kappa shape index (κ2) is 13.0. The molecule has 1 N–H and O–H groups in total. The molecule has 0 radical (unpaired) electrons. The minimum absolute atomic E-state index is 0.0369. The van der Waals surface area contributed by atoms with Crippen molar-refractivity contribution in [2.24, 2.45) is 0 Å². The summed E-state index contributed by atoms with van der Waals surface area (Å²) in [4.78, 5) is 28.3. The van der Waals surface area contributed by atoms with Crippen LogP contribution in [-0.4, -0.2) is 56.8 Å². The summed E-state index contributed by atoms with van der Waals surface area (Å²) in [5.41, 5.74) is 0.933. The minimum atomic E-state index is -3.85. The zero-order valence-electron chi connectivity index (χ0n) is 21.4. The number of fused-ring (bicyclic) bond motifs is 1. The molecule has 1 aliphatic rings. The van der Waals surface area contributed by atoms with Crippen molar-refractivity contribution >= 4 is 39.1 Å². The lowest BCUT2D eigenvalue weighted by Gasteiger charge is -2.33. The van der Waals surface area contributed by atoms with Crippen molar-refractivity contribution in [3.8, 4) is 11.5 Å². The molecular weight excluding hydrogens is 518 g/mol. The number of carbonyl (C=O) groups excluding carboxylic acids is 2. The van der Waals surface area contributed by atoms with Gasteiger partial charge >= 0.3 is 0 Å². The Morgan fingerprint density at radius 1 is 1.08 bits per heavy atom. The third kappa shape index (κ3) is 7.07. The molecule has 0 aliphatic carbocycles. The first-order valence-corrected chi connectivity index (χ1v) is 14.4. The van der Waals surface area contributed by atoms with Crippen molar-refractivity contribution in [2.45, 2.75) is 52.6 Å². The van der Waals surface area contributed by atoms with E-state index >= 15 is 0 Å². The highest BCUT2D eigenvalue weighted by Gasteiger charge is 2.33. The fourth-order valence-electron chi connectivity index (χ4n) is 4.00. The van der Waals surface area contributed by atoms with Gasteiger partial charge in [-0.25, -0.2) is 8.42 Å². The average Bonchev–Trinajstić information content (AvgIpc) is 3.36. The van der Waals surface area contributed by atoms with E-state index in [4.69, 9.17) is 21.1 Å². The van der Waals surface area contributed by atoms with E-state index in [2.05, 4.69) is 5.32 Å². The summed E-state index contributed by atoms with van der Waals surface area (Å²) in [6.45, 7) is 5.45. The molecule has 0 aromatic heterocycles. The van der Waals surface area contributed by atoms with Gasteiger partial charge in [-0.15, -0.1) is 0 Å². The number of benzene rings is 2. The van der Waals surface area contributed by atoms with Crippen LogP contribution >= 0.6 is 11.6 Å². The first-order chi connectivity index (χ1) is 17.7. The Morgan fingerprint density at radius 3 is 2.49 bits per heavy atom. The number of ether oxygens (including phenoxy) is 2. The largest absolute Gasteiger partial charge is 0.454 e. The highest BCUT2D eigenvalue weighted by atomic mass is 35.5. The summed E-state index contributed by atoms with van der Waals surface area (Å²) in [6, 6.07) is 11.0. The van der Waals surface area contributed by atoms with Gasteiger partial charge in [0.25, 0.3) is 0 Å². The summed E-state index contributed by atoms with van der Waals surface area (Å²) in [5.74, 6) is -0.125. The Hall–Kier alpha value is -2.98. The van der Waals surface area contributed by atoms with Crippen molar-refractivity contribution in [1.29, 1.82) is 0 Å². The highest BCUT2D eigenvalue weighted by molar-refractivity contribution is 7.92. The van der Waals surface area contributed by atoms with E-state index in [0.717, 1.165) is 17.1 Å². The number of halogens is 1. The third-order valence-electron chi connectivity index (χ3n) is 6.14. The summed E-state index contributed by atoms with van der Waals surface area (Å²) in [6.07, 6.45) is 2.07. The molecule has 1 atom stereocenters. The van der Waals surface area contributed by atoms with Gasteiger partial charge in [0.05, 0.1) is 11.4 Å². The van der Waals surface area contributed by atoms with Crippen LogP contribution in [0.2, 0.25) is 5.02 Å². The van der Waals surface area contributed by atoms with Crippen molar-refractivity contribution < 1.29 is 27.5 Å². The van der Waals surface area contributed by atoms with E-state index in [1.54, 1.807) is 36.4 Å². The molecule has 0 saturated heterocycles. The van der Waals surface area contributed by atoms with Crippen molar-refractivity contribution in [2.75, 3.05) is 29.9 Å². The zero-order valence-corrected chi connectivity index (χ0v) is 23.0. The maximum atomic E-state index is 13.8. The van der Waals surface area contributed by atoms with Gasteiger partial charge in [-0.05, 0) is 43.5 Å². The van der Waals surface area contributed by atoms with Gasteiger partial charge in [0.15, 0.2) is 11.5 Å². The zero-order chi connectivity index (χ0) is 27.0. The number of amides is 2. The standard InChI is InChI=1S/C26H34ClN3O6S/c1-4-7-14-28-26(32)22(5-2)29(16-19-10-8-9-11-21(19)27)25(31)17-30(37(33,34)6-3)20-12-13-23-24(15-20)36-18-35-23/h8-13,15,22H,4-7,14,16-18H2,1-3H3,(H,28,32)/t22-/m0/s1. The van der Waals surface area contributed by atoms with E-state index in [9.17, 15) is 18.0 Å². The maximum absolute atomic E-state index is 13.8. The number of nitrogens with one attached hydrogen (secondary N) is 1. The van der Waals surface area contributed by atoms with Crippen LogP contribution in [0.3, 0.4) is 0 Å². The fourth-order valence-corrected chi connectivity index (χ4v) is 5.24. The molecule has 2 aromatic rings. The molecular formula is C26H34ClN3O6S. The SMILES string of the molecule is CCCCNC(=O)[C@H](CC)N(Cc1ccccc1Cl)C(=O)CN(c1ccc2c(c1)OCO2)S(=O)(=O)CC.